The zero-order chi connectivity index (χ0) is 16.1. The lowest BCUT2D eigenvalue weighted by molar-refractivity contribution is -0.127. The van der Waals surface area contributed by atoms with E-state index < -0.39 is 0 Å². The van der Waals surface area contributed by atoms with E-state index in [0.29, 0.717) is 18.7 Å². The number of carbonyl (C=O) groups is 2. The SMILES string of the molecule is O=C(CCNC(=O)C1CCCCC1)C1CCC2CCCCC2C1. The third kappa shape index (κ3) is 4.58. The van der Waals surface area contributed by atoms with Crippen LogP contribution >= 0.6 is 0 Å². The van der Waals surface area contributed by atoms with Crippen LogP contribution in [0.1, 0.15) is 83.5 Å². The largest absolute Gasteiger partial charge is 0.355 e. The summed E-state index contributed by atoms with van der Waals surface area (Å²) in [6.07, 6.45) is 15.2. The maximum absolute atomic E-state index is 12.5. The van der Waals surface area contributed by atoms with Crippen molar-refractivity contribution in [1.82, 2.24) is 5.32 Å². The van der Waals surface area contributed by atoms with Crippen LogP contribution in [0.5, 0.6) is 0 Å². The van der Waals surface area contributed by atoms with Gasteiger partial charge in [-0.05, 0) is 43.9 Å². The van der Waals surface area contributed by atoms with E-state index in [9.17, 15) is 9.59 Å². The Morgan fingerprint density at radius 1 is 0.739 bits per heavy atom. The van der Waals surface area contributed by atoms with E-state index in [1.54, 1.807) is 0 Å². The minimum atomic E-state index is 0.188. The molecule has 1 amide bonds. The molecule has 0 aromatic rings. The molecular weight excluding hydrogens is 286 g/mol. The van der Waals surface area contributed by atoms with Gasteiger partial charge in [0.2, 0.25) is 5.91 Å². The molecule has 3 heteroatoms. The topological polar surface area (TPSA) is 46.2 Å². The zero-order valence-corrected chi connectivity index (χ0v) is 14.5. The molecule has 3 atom stereocenters. The molecule has 0 aliphatic heterocycles. The number of fused-ring (bicyclic) bond motifs is 1. The Morgan fingerprint density at radius 3 is 2.22 bits per heavy atom. The summed E-state index contributed by atoms with van der Waals surface area (Å²) in [5, 5.41) is 3.02. The summed E-state index contributed by atoms with van der Waals surface area (Å²) in [5.74, 6) is 2.78. The van der Waals surface area contributed by atoms with E-state index in [2.05, 4.69) is 5.32 Å². The van der Waals surface area contributed by atoms with E-state index in [4.69, 9.17) is 0 Å². The van der Waals surface area contributed by atoms with Gasteiger partial charge in [-0.3, -0.25) is 9.59 Å². The van der Waals surface area contributed by atoms with Gasteiger partial charge in [0.1, 0.15) is 5.78 Å². The highest BCUT2D eigenvalue weighted by atomic mass is 16.2. The number of ketones is 1. The third-order valence-corrected chi connectivity index (χ3v) is 6.64. The molecule has 3 aliphatic rings. The van der Waals surface area contributed by atoms with Crippen LogP contribution < -0.4 is 5.32 Å². The van der Waals surface area contributed by atoms with E-state index in [-0.39, 0.29) is 17.7 Å². The molecule has 0 spiro atoms. The molecule has 0 saturated heterocycles. The van der Waals surface area contributed by atoms with Crippen LogP contribution in [0.3, 0.4) is 0 Å². The fraction of sp³-hybridized carbons (Fsp3) is 0.900. The number of amides is 1. The van der Waals surface area contributed by atoms with Crippen LogP contribution in [-0.4, -0.2) is 18.2 Å². The Balaban J connectivity index is 1.36. The van der Waals surface area contributed by atoms with Gasteiger partial charge < -0.3 is 5.32 Å². The van der Waals surface area contributed by atoms with Crippen molar-refractivity contribution in [2.45, 2.75) is 83.5 Å². The second-order valence-electron chi connectivity index (χ2n) is 8.16. The average Bonchev–Trinajstić information content (AvgIpc) is 2.61. The first-order valence-corrected chi connectivity index (χ1v) is 10.0. The minimum Gasteiger partial charge on any atom is -0.355 e. The van der Waals surface area contributed by atoms with E-state index >= 15 is 0 Å². The van der Waals surface area contributed by atoms with Gasteiger partial charge in [0.15, 0.2) is 0 Å². The van der Waals surface area contributed by atoms with Crippen LogP contribution in [0.4, 0.5) is 0 Å². The Morgan fingerprint density at radius 2 is 1.43 bits per heavy atom. The maximum Gasteiger partial charge on any atom is 0.223 e. The Bertz CT molecular complexity index is 414. The number of hydrogen-bond donors (Lipinski definition) is 1. The lowest BCUT2D eigenvalue weighted by atomic mass is 9.66. The molecule has 0 heterocycles. The van der Waals surface area contributed by atoms with Crippen molar-refractivity contribution in [3.05, 3.63) is 0 Å². The molecule has 0 radical (unpaired) electrons. The summed E-state index contributed by atoms with van der Waals surface area (Å²) in [5.41, 5.74) is 0. The molecule has 3 fully saturated rings. The van der Waals surface area contributed by atoms with Crippen molar-refractivity contribution < 1.29 is 9.59 Å². The first-order valence-electron chi connectivity index (χ1n) is 10.0. The fourth-order valence-electron chi connectivity index (χ4n) is 5.19. The molecule has 3 nitrogen and oxygen atoms in total. The first-order chi connectivity index (χ1) is 11.2. The fourth-order valence-corrected chi connectivity index (χ4v) is 5.19. The number of Topliss-reactive ketones (excluding diaryl/α,β-unsaturated/α-hetero) is 1. The molecule has 3 rings (SSSR count). The van der Waals surface area contributed by atoms with Gasteiger partial charge in [0.05, 0.1) is 0 Å². The number of carbonyl (C=O) groups excluding carboxylic acids is 2. The highest BCUT2D eigenvalue weighted by molar-refractivity contribution is 5.83. The molecule has 3 aliphatic carbocycles. The third-order valence-electron chi connectivity index (χ3n) is 6.64. The molecule has 0 aromatic heterocycles. The van der Waals surface area contributed by atoms with Gasteiger partial charge in [-0.15, -0.1) is 0 Å². The number of hydrogen-bond acceptors (Lipinski definition) is 2. The molecule has 3 saturated carbocycles. The van der Waals surface area contributed by atoms with Crippen molar-refractivity contribution in [3.8, 4) is 0 Å². The molecule has 3 unspecified atom stereocenters. The van der Waals surface area contributed by atoms with E-state index in [1.165, 1.54) is 51.4 Å². The van der Waals surface area contributed by atoms with Crippen LogP contribution in [-0.2, 0) is 9.59 Å². The Hall–Kier alpha value is -0.860. The molecule has 1 N–H and O–H groups in total. The van der Waals surface area contributed by atoms with Crippen molar-refractivity contribution in [2.75, 3.05) is 6.54 Å². The highest BCUT2D eigenvalue weighted by Gasteiger charge is 2.34. The minimum absolute atomic E-state index is 0.188. The zero-order valence-electron chi connectivity index (χ0n) is 14.5. The van der Waals surface area contributed by atoms with Crippen LogP contribution in [0, 0.1) is 23.7 Å². The molecule has 130 valence electrons. The smallest absolute Gasteiger partial charge is 0.223 e. The summed E-state index contributed by atoms with van der Waals surface area (Å²) in [6, 6.07) is 0. The van der Waals surface area contributed by atoms with Crippen LogP contribution in [0.2, 0.25) is 0 Å². The standard InChI is InChI=1S/C20H33NO2/c22-19(12-13-21-20(23)16-7-2-1-3-8-16)18-11-10-15-6-4-5-9-17(15)14-18/h15-18H,1-14H2,(H,21,23). The molecule has 23 heavy (non-hydrogen) atoms. The predicted octanol–water partition coefficient (Wildman–Crippen LogP) is 4.25. The lowest BCUT2D eigenvalue weighted by Gasteiger charge is -2.38. The second-order valence-corrected chi connectivity index (χ2v) is 8.16. The van der Waals surface area contributed by atoms with Crippen molar-refractivity contribution in [2.24, 2.45) is 23.7 Å². The van der Waals surface area contributed by atoms with Crippen LogP contribution in [0.25, 0.3) is 0 Å². The van der Waals surface area contributed by atoms with Gasteiger partial charge in [-0.25, -0.2) is 0 Å². The molecule has 0 bridgehead atoms. The van der Waals surface area contributed by atoms with E-state index in [0.717, 1.165) is 37.5 Å². The van der Waals surface area contributed by atoms with Crippen LogP contribution in [0.15, 0.2) is 0 Å². The highest BCUT2D eigenvalue weighted by Crippen LogP contribution is 2.43. The molecule has 0 aromatic carbocycles. The van der Waals surface area contributed by atoms with Gasteiger partial charge in [-0.2, -0.15) is 0 Å². The first kappa shape index (κ1) is 17.0. The maximum atomic E-state index is 12.5. The summed E-state index contributed by atoms with van der Waals surface area (Å²) < 4.78 is 0. The van der Waals surface area contributed by atoms with E-state index in [1.807, 2.05) is 0 Å². The molecular formula is C20H33NO2. The van der Waals surface area contributed by atoms with Gasteiger partial charge in [0.25, 0.3) is 0 Å². The quantitative estimate of drug-likeness (QED) is 0.823. The van der Waals surface area contributed by atoms with Crippen molar-refractivity contribution in [1.29, 1.82) is 0 Å². The summed E-state index contributed by atoms with van der Waals surface area (Å²) in [6.45, 7) is 0.554. The Kier molecular flexibility index (Phi) is 6.13. The van der Waals surface area contributed by atoms with Gasteiger partial charge in [-0.1, -0.05) is 44.9 Å². The van der Waals surface area contributed by atoms with Gasteiger partial charge in [0, 0.05) is 24.8 Å². The number of rotatable bonds is 5. The normalized spacial score (nSPS) is 32.1. The van der Waals surface area contributed by atoms with Crippen molar-refractivity contribution >= 4 is 11.7 Å². The predicted molar refractivity (Wildman–Crippen MR) is 92.0 cm³/mol. The summed E-state index contributed by atoms with van der Waals surface area (Å²) >= 11 is 0. The van der Waals surface area contributed by atoms with Gasteiger partial charge >= 0.3 is 0 Å². The lowest BCUT2D eigenvalue weighted by Crippen LogP contribution is -2.35. The Labute approximate surface area is 141 Å². The average molecular weight is 319 g/mol. The summed E-state index contributed by atoms with van der Waals surface area (Å²) in [4.78, 5) is 24.6. The monoisotopic (exact) mass is 319 g/mol. The summed E-state index contributed by atoms with van der Waals surface area (Å²) in [7, 11) is 0. The second kappa shape index (κ2) is 8.30. The van der Waals surface area contributed by atoms with Crippen molar-refractivity contribution in [3.63, 3.8) is 0 Å². The number of nitrogens with one attached hydrogen (secondary N) is 1.